The van der Waals surface area contributed by atoms with E-state index in [4.69, 9.17) is 10.7 Å². The van der Waals surface area contributed by atoms with Gasteiger partial charge in [0, 0.05) is 59.8 Å². The number of anilines is 3. The number of nitrogens with two attached hydrogens (primary N) is 1. The van der Waals surface area contributed by atoms with Crippen LogP contribution in [0.25, 0.3) is 22.2 Å². The quantitative estimate of drug-likeness (QED) is 0.363. The zero-order chi connectivity index (χ0) is 26.2. The summed E-state index contributed by atoms with van der Waals surface area (Å²) in [6.45, 7) is 4.49. The fourth-order valence-corrected chi connectivity index (χ4v) is 4.62. The van der Waals surface area contributed by atoms with Gasteiger partial charge in [0.25, 0.3) is 0 Å². The molecule has 0 aliphatic carbocycles. The highest BCUT2D eigenvalue weighted by molar-refractivity contribution is 5.81. The minimum absolute atomic E-state index is 0.0176. The molecule has 196 valence electrons. The second kappa shape index (κ2) is 10.0. The Balaban J connectivity index is 1.48. The van der Waals surface area contributed by atoms with E-state index in [1.54, 1.807) is 6.20 Å². The molecule has 0 bridgehead atoms. The summed E-state index contributed by atoms with van der Waals surface area (Å²) in [5, 5.41) is 12.6. The minimum Gasteiger partial charge on any atom is -0.369 e. The number of aromatic nitrogens is 6. The van der Waals surface area contributed by atoms with Crippen molar-refractivity contribution in [3.63, 3.8) is 0 Å². The van der Waals surface area contributed by atoms with Crippen molar-refractivity contribution in [2.75, 3.05) is 23.3 Å². The number of pyridine rings is 2. The summed E-state index contributed by atoms with van der Waals surface area (Å²) in [7, 11) is 0. The van der Waals surface area contributed by atoms with E-state index in [0.29, 0.717) is 29.3 Å². The third kappa shape index (κ3) is 5.53. The third-order valence-corrected chi connectivity index (χ3v) is 6.67. The number of halogens is 3. The SMILES string of the molecule is CCC(C)n1ncc2ccc(Nc3cc(N4CCC[C@H](N)C4)c(-c4cnn(CC(F)(F)F)c4)cn3)nc21. The lowest BCUT2D eigenvalue weighted by atomic mass is 10.0. The van der Waals surface area contributed by atoms with Crippen molar-refractivity contribution in [2.24, 2.45) is 5.73 Å². The predicted molar refractivity (Wildman–Crippen MR) is 137 cm³/mol. The Kier molecular flexibility index (Phi) is 6.76. The summed E-state index contributed by atoms with van der Waals surface area (Å²) >= 11 is 0. The number of piperidine rings is 1. The molecule has 5 rings (SSSR count). The number of fused-ring (bicyclic) bond motifs is 1. The summed E-state index contributed by atoms with van der Waals surface area (Å²) < 4.78 is 41.4. The fourth-order valence-electron chi connectivity index (χ4n) is 4.62. The van der Waals surface area contributed by atoms with Crippen molar-refractivity contribution < 1.29 is 13.2 Å². The van der Waals surface area contributed by atoms with Crippen LogP contribution in [0.4, 0.5) is 30.5 Å². The first-order valence-electron chi connectivity index (χ1n) is 12.4. The zero-order valence-corrected chi connectivity index (χ0v) is 20.8. The molecule has 1 aliphatic rings. The molecule has 2 atom stereocenters. The molecule has 0 amide bonds. The largest absolute Gasteiger partial charge is 0.408 e. The average Bonchev–Trinajstić information content (AvgIpc) is 3.49. The van der Waals surface area contributed by atoms with Crippen LogP contribution in [0.3, 0.4) is 0 Å². The highest BCUT2D eigenvalue weighted by atomic mass is 19.4. The lowest BCUT2D eigenvalue weighted by Crippen LogP contribution is -2.43. The highest BCUT2D eigenvalue weighted by Gasteiger charge is 2.29. The second-order valence-corrected chi connectivity index (χ2v) is 9.56. The zero-order valence-electron chi connectivity index (χ0n) is 20.8. The van der Waals surface area contributed by atoms with Gasteiger partial charge in [-0.2, -0.15) is 23.4 Å². The van der Waals surface area contributed by atoms with Gasteiger partial charge in [0.15, 0.2) is 5.65 Å². The molecule has 37 heavy (non-hydrogen) atoms. The van der Waals surface area contributed by atoms with Gasteiger partial charge in [0.2, 0.25) is 0 Å². The first-order valence-corrected chi connectivity index (χ1v) is 12.4. The summed E-state index contributed by atoms with van der Waals surface area (Å²) in [6.07, 6.45) is 4.74. The van der Waals surface area contributed by atoms with E-state index in [1.165, 1.54) is 12.4 Å². The molecule has 1 aliphatic heterocycles. The van der Waals surface area contributed by atoms with Crippen LogP contribution in [-0.2, 0) is 6.54 Å². The lowest BCUT2D eigenvalue weighted by Gasteiger charge is -2.34. The van der Waals surface area contributed by atoms with Gasteiger partial charge in [-0.1, -0.05) is 6.92 Å². The number of nitrogens with one attached hydrogen (secondary N) is 1. The third-order valence-electron chi connectivity index (χ3n) is 6.67. The first-order chi connectivity index (χ1) is 17.7. The summed E-state index contributed by atoms with van der Waals surface area (Å²) in [5.74, 6) is 1.19. The smallest absolute Gasteiger partial charge is 0.369 e. The van der Waals surface area contributed by atoms with E-state index in [9.17, 15) is 13.2 Å². The molecule has 12 heteroatoms. The molecule has 4 aromatic rings. The van der Waals surface area contributed by atoms with Crippen molar-refractivity contribution in [2.45, 2.75) is 57.9 Å². The average molecular weight is 514 g/mol. The normalized spacial score (nSPS) is 17.4. The van der Waals surface area contributed by atoms with Gasteiger partial charge < -0.3 is 16.0 Å². The number of nitrogens with zero attached hydrogens (tertiary/aromatic N) is 7. The molecule has 5 heterocycles. The molecule has 1 fully saturated rings. The standard InChI is InChI=1S/C25H30F3N9/c1-3-16(2)37-24-17(10-32-37)6-7-22(34-24)33-23-9-21(35-8-4-5-19(29)14-35)20(12-30-23)18-11-31-36(13-18)15-25(26,27)28/h6-7,9-13,16,19H,3-5,8,14-15,29H2,1-2H3,(H,30,33,34)/t16?,19-/m0/s1. The number of hydrogen-bond donors (Lipinski definition) is 2. The number of rotatable bonds is 7. The Labute approximate surface area is 212 Å². The number of alkyl halides is 3. The van der Waals surface area contributed by atoms with Crippen LogP contribution in [0.2, 0.25) is 0 Å². The van der Waals surface area contributed by atoms with Gasteiger partial charge in [0.1, 0.15) is 18.2 Å². The van der Waals surface area contributed by atoms with Crippen LogP contribution in [0.1, 0.15) is 39.2 Å². The molecule has 0 radical (unpaired) electrons. The van der Waals surface area contributed by atoms with Gasteiger partial charge in [-0.05, 0) is 38.3 Å². The van der Waals surface area contributed by atoms with Crippen LogP contribution in [0.15, 0.2) is 43.0 Å². The van der Waals surface area contributed by atoms with Crippen molar-refractivity contribution >= 4 is 28.4 Å². The highest BCUT2D eigenvalue weighted by Crippen LogP contribution is 2.34. The number of hydrogen-bond acceptors (Lipinski definition) is 7. The predicted octanol–water partition coefficient (Wildman–Crippen LogP) is 4.89. The summed E-state index contributed by atoms with van der Waals surface area (Å²) in [4.78, 5) is 11.5. The summed E-state index contributed by atoms with van der Waals surface area (Å²) in [6, 6.07) is 5.96. The Morgan fingerprint density at radius 2 is 2.00 bits per heavy atom. The van der Waals surface area contributed by atoms with Crippen molar-refractivity contribution in [3.8, 4) is 11.1 Å². The Hall–Kier alpha value is -3.67. The van der Waals surface area contributed by atoms with E-state index >= 15 is 0 Å². The van der Waals surface area contributed by atoms with Gasteiger partial charge >= 0.3 is 6.18 Å². The van der Waals surface area contributed by atoms with Crippen LogP contribution in [0.5, 0.6) is 0 Å². The maximum absolute atomic E-state index is 12.9. The van der Waals surface area contributed by atoms with Gasteiger partial charge in [0.05, 0.1) is 18.4 Å². The molecule has 1 unspecified atom stereocenters. The molecular formula is C25H30F3N9. The molecule has 3 N–H and O–H groups in total. The van der Waals surface area contributed by atoms with Gasteiger partial charge in [-0.3, -0.25) is 4.68 Å². The van der Waals surface area contributed by atoms with Crippen molar-refractivity contribution in [1.82, 2.24) is 29.5 Å². The van der Waals surface area contributed by atoms with E-state index in [1.807, 2.05) is 29.1 Å². The molecule has 0 aromatic carbocycles. The fraction of sp³-hybridized carbons (Fsp3) is 0.440. The van der Waals surface area contributed by atoms with E-state index in [2.05, 4.69) is 39.2 Å². The molecule has 9 nitrogen and oxygen atoms in total. The molecule has 0 spiro atoms. The van der Waals surface area contributed by atoms with E-state index < -0.39 is 12.7 Å². The van der Waals surface area contributed by atoms with Crippen LogP contribution < -0.4 is 16.0 Å². The van der Waals surface area contributed by atoms with Crippen LogP contribution in [0, 0.1) is 0 Å². The second-order valence-electron chi connectivity index (χ2n) is 9.56. The summed E-state index contributed by atoms with van der Waals surface area (Å²) in [5.41, 5.74) is 9.14. The molecule has 1 saturated heterocycles. The molecular weight excluding hydrogens is 483 g/mol. The van der Waals surface area contributed by atoms with Crippen LogP contribution in [-0.4, -0.2) is 54.8 Å². The first kappa shape index (κ1) is 25.0. The molecule has 0 saturated carbocycles. The van der Waals surface area contributed by atoms with Gasteiger partial charge in [-0.15, -0.1) is 0 Å². The Bertz CT molecular complexity index is 1380. The minimum atomic E-state index is -4.35. The Morgan fingerprint density at radius 3 is 2.76 bits per heavy atom. The monoisotopic (exact) mass is 513 g/mol. The van der Waals surface area contributed by atoms with Crippen LogP contribution >= 0.6 is 0 Å². The van der Waals surface area contributed by atoms with E-state index in [-0.39, 0.29) is 12.1 Å². The topological polar surface area (TPSA) is 103 Å². The Morgan fingerprint density at radius 1 is 1.16 bits per heavy atom. The molecule has 4 aromatic heterocycles. The van der Waals surface area contributed by atoms with E-state index in [0.717, 1.165) is 47.2 Å². The lowest BCUT2D eigenvalue weighted by molar-refractivity contribution is -0.142. The van der Waals surface area contributed by atoms with Gasteiger partial charge in [-0.25, -0.2) is 14.6 Å². The van der Waals surface area contributed by atoms with Crippen molar-refractivity contribution in [1.29, 1.82) is 0 Å². The van der Waals surface area contributed by atoms with Crippen molar-refractivity contribution in [3.05, 3.63) is 43.0 Å². The maximum Gasteiger partial charge on any atom is 0.408 e. The maximum atomic E-state index is 12.9.